The number of hydrogen-bond donors (Lipinski definition) is 2. The maximum absolute atomic E-state index is 11.1. The molecule has 0 saturated carbocycles. The van der Waals surface area contributed by atoms with Gasteiger partial charge in [-0.3, -0.25) is 0 Å². The van der Waals surface area contributed by atoms with Gasteiger partial charge in [-0.2, -0.15) is 0 Å². The van der Waals surface area contributed by atoms with Gasteiger partial charge in [0.1, 0.15) is 11.4 Å². The number of halogens is 1. The standard InChI is InChI=1S/C14H20ClNO2/c1-13(2)9-16-7-6-14(13,17)11-8-10(15)4-5-12(11)18-3/h4-5,8,16-17H,6-7,9H2,1-3H3. The van der Waals surface area contributed by atoms with E-state index in [0.29, 0.717) is 17.2 Å². The van der Waals surface area contributed by atoms with Gasteiger partial charge in [-0.05, 0) is 31.2 Å². The lowest BCUT2D eigenvalue weighted by molar-refractivity contribution is -0.0956. The lowest BCUT2D eigenvalue weighted by atomic mass is 9.67. The molecular formula is C14H20ClNO2. The molecule has 100 valence electrons. The highest BCUT2D eigenvalue weighted by Crippen LogP contribution is 2.47. The largest absolute Gasteiger partial charge is 0.496 e. The number of hydrogen-bond acceptors (Lipinski definition) is 3. The number of aliphatic hydroxyl groups is 1. The maximum Gasteiger partial charge on any atom is 0.125 e. The molecule has 0 aromatic heterocycles. The SMILES string of the molecule is COc1ccc(Cl)cc1C1(O)CCNCC1(C)C. The van der Waals surface area contributed by atoms with E-state index in [0.717, 1.165) is 18.7 Å². The fourth-order valence-corrected chi connectivity index (χ4v) is 2.83. The molecule has 3 nitrogen and oxygen atoms in total. The van der Waals surface area contributed by atoms with Gasteiger partial charge in [-0.1, -0.05) is 25.4 Å². The molecule has 2 rings (SSSR count). The predicted octanol–water partition coefficient (Wildman–Crippen LogP) is 2.56. The third-order valence-electron chi connectivity index (χ3n) is 3.96. The van der Waals surface area contributed by atoms with Crippen LogP contribution in [0.4, 0.5) is 0 Å². The Kier molecular flexibility index (Phi) is 3.58. The molecule has 0 spiro atoms. The van der Waals surface area contributed by atoms with Crippen molar-refractivity contribution in [3.05, 3.63) is 28.8 Å². The van der Waals surface area contributed by atoms with Crippen LogP contribution in [0.3, 0.4) is 0 Å². The van der Waals surface area contributed by atoms with Gasteiger partial charge in [-0.15, -0.1) is 0 Å². The molecule has 1 aliphatic heterocycles. The van der Waals surface area contributed by atoms with E-state index < -0.39 is 5.60 Å². The van der Waals surface area contributed by atoms with Crippen molar-refractivity contribution < 1.29 is 9.84 Å². The van der Waals surface area contributed by atoms with Crippen LogP contribution >= 0.6 is 11.6 Å². The van der Waals surface area contributed by atoms with Crippen molar-refractivity contribution >= 4 is 11.6 Å². The molecule has 1 saturated heterocycles. The van der Waals surface area contributed by atoms with Crippen LogP contribution < -0.4 is 10.1 Å². The summed E-state index contributed by atoms with van der Waals surface area (Å²) >= 11 is 6.07. The average Bonchev–Trinajstić information content (AvgIpc) is 2.33. The molecular weight excluding hydrogens is 250 g/mol. The molecule has 0 aliphatic carbocycles. The smallest absolute Gasteiger partial charge is 0.125 e. The minimum atomic E-state index is -0.922. The third kappa shape index (κ3) is 2.11. The molecule has 0 radical (unpaired) electrons. The van der Waals surface area contributed by atoms with Crippen LogP contribution in [0, 0.1) is 5.41 Å². The Labute approximate surface area is 113 Å². The van der Waals surface area contributed by atoms with Crippen LogP contribution in [0.5, 0.6) is 5.75 Å². The lowest BCUT2D eigenvalue weighted by Crippen LogP contribution is -2.54. The number of rotatable bonds is 2. The van der Waals surface area contributed by atoms with E-state index >= 15 is 0 Å². The molecule has 4 heteroatoms. The van der Waals surface area contributed by atoms with E-state index in [-0.39, 0.29) is 5.41 Å². The van der Waals surface area contributed by atoms with Crippen LogP contribution in [0.15, 0.2) is 18.2 Å². The first-order valence-corrected chi connectivity index (χ1v) is 6.56. The van der Waals surface area contributed by atoms with Crippen LogP contribution in [-0.4, -0.2) is 25.3 Å². The van der Waals surface area contributed by atoms with Crippen molar-refractivity contribution in [2.24, 2.45) is 5.41 Å². The van der Waals surface area contributed by atoms with Gasteiger partial charge in [0.2, 0.25) is 0 Å². The Bertz CT molecular complexity index is 447. The van der Waals surface area contributed by atoms with Gasteiger partial charge in [-0.25, -0.2) is 0 Å². The van der Waals surface area contributed by atoms with Gasteiger partial charge >= 0.3 is 0 Å². The molecule has 1 fully saturated rings. The second-order valence-corrected chi connectivity index (χ2v) is 5.95. The number of piperidine rings is 1. The van der Waals surface area contributed by atoms with Crippen molar-refractivity contribution in [3.63, 3.8) is 0 Å². The fourth-order valence-electron chi connectivity index (χ4n) is 2.66. The van der Waals surface area contributed by atoms with Crippen molar-refractivity contribution in [1.82, 2.24) is 5.32 Å². The molecule has 1 aliphatic rings. The van der Waals surface area contributed by atoms with Crippen LogP contribution in [-0.2, 0) is 5.60 Å². The number of benzene rings is 1. The second kappa shape index (κ2) is 4.72. The predicted molar refractivity (Wildman–Crippen MR) is 73.2 cm³/mol. The third-order valence-corrected chi connectivity index (χ3v) is 4.19. The van der Waals surface area contributed by atoms with E-state index in [9.17, 15) is 5.11 Å². The van der Waals surface area contributed by atoms with Gasteiger partial charge < -0.3 is 15.2 Å². The van der Waals surface area contributed by atoms with Crippen molar-refractivity contribution in [2.45, 2.75) is 25.9 Å². The zero-order chi connectivity index (χ0) is 13.4. The van der Waals surface area contributed by atoms with Gasteiger partial charge in [0.25, 0.3) is 0 Å². The summed E-state index contributed by atoms with van der Waals surface area (Å²) in [4.78, 5) is 0. The average molecular weight is 270 g/mol. The highest BCUT2D eigenvalue weighted by molar-refractivity contribution is 6.30. The number of ether oxygens (including phenoxy) is 1. The van der Waals surface area contributed by atoms with E-state index in [1.807, 2.05) is 12.1 Å². The summed E-state index contributed by atoms with van der Waals surface area (Å²) in [5.41, 5.74) is -0.415. The molecule has 1 heterocycles. The van der Waals surface area contributed by atoms with Crippen molar-refractivity contribution in [3.8, 4) is 5.75 Å². The molecule has 18 heavy (non-hydrogen) atoms. The highest BCUT2D eigenvalue weighted by Gasteiger charge is 2.48. The quantitative estimate of drug-likeness (QED) is 0.867. The van der Waals surface area contributed by atoms with Crippen LogP contribution in [0.1, 0.15) is 25.8 Å². The Morgan fingerprint density at radius 3 is 2.72 bits per heavy atom. The second-order valence-electron chi connectivity index (χ2n) is 5.52. The molecule has 1 aromatic carbocycles. The van der Waals surface area contributed by atoms with E-state index in [4.69, 9.17) is 16.3 Å². The Hall–Kier alpha value is -0.770. The minimum Gasteiger partial charge on any atom is -0.496 e. The van der Waals surface area contributed by atoms with E-state index in [1.54, 1.807) is 13.2 Å². The first-order valence-electron chi connectivity index (χ1n) is 6.18. The van der Waals surface area contributed by atoms with Crippen molar-refractivity contribution in [2.75, 3.05) is 20.2 Å². The molecule has 1 atom stereocenters. The summed E-state index contributed by atoms with van der Waals surface area (Å²) in [7, 11) is 1.62. The molecule has 0 amide bonds. The zero-order valence-electron chi connectivity index (χ0n) is 11.1. The highest BCUT2D eigenvalue weighted by atomic mass is 35.5. The Morgan fingerprint density at radius 1 is 1.39 bits per heavy atom. The first kappa shape index (κ1) is 13.7. The van der Waals surface area contributed by atoms with Gasteiger partial charge in [0, 0.05) is 22.5 Å². The molecule has 1 unspecified atom stereocenters. The summed E-state index contributed by atoms with van der Waals surface area (Å²) in [6.45, 7) is 5.66. The van der Waals surface area contributed by atoms with E-state index in [1.165, 1.54) is 0 Å². The first-order chi connectivity index (χ1) is 8.40. The zero-order valence-corrected chi connectivity index (χ0v) is 11.8. The Balaban J connectivity index is 2.54. The summed E-state index contributed by atoms with van der Waals surface area (Å²) in [6.07, 6.45) is 0.650. The fraction of sp³-hybridized carbons (Fsp3) is 0.571. The number of nitrogens with one attached hydrogen (secondary N) is 1. The van der Waals surface area contributed by atoms with Crippen LogP contribution in [0.2, 0.25) is 5.02 Å². The van der Waals surface area contributed by atoms with Crippen LogP contribution in [0.25, 0.3) is 0 Å². The lowest BCUT2D eigenvalue weighted by Gasteiger charge is -2.47. The van der Waals surface area contributed by atoms with Gasteiger partial charge in [0.15, 0.2) is 0 Å². The molecule has 0 bridgehead atoms. The monoisotopic (exact) mass is 269 g/mol. The Morgan fingerprint density at radius 2 is 2.11 bits per heavy atom. The summed E-state index contributed by atoms with van der Waals surface area (Å²) in [6, 6.07) is 5.41. The topological polar surface area (TPSA) is 41.5 Å². The molecule has 1 aromatic rings. The molecule has 2 N–H and O–H groups in total. The summed E-state index contributed by atoms with van der Waals surface area (Å²) in [5, 5.41) is 15.1. The maximum atomic E-state index is 11.1. The number of methoxy groups -OCH3 is 1. The summed E-state index contributed by atoms with van der Waals surface area (Å²) in [5.74, 6) is 0.692. The minimum absolute atomic E-state index is 0.275. The van der Waals surface area contributed by atoms with Crippen molar-refractivity contribution in [1.29, 1.82) is 0 Å². The summed E-state index contributed by atoms with van der Waals surface area (Å²) < 4.78 is 5.37. The normalized spacial score (nSPS) is 26.9. The van der Waals surface area contributed by atoms with Gasteiger partial charge in [0.05, 0.1) is 7.11 Å². The van der Waals surface area contributed by atoms with E-state index in [2.05, 4.69) is 19.2 Å².